The van der Waals surface area contributed by atoms with Crippen molar-refractivity contribution in [3.05, 3.63) is 64.4 Å². The van der Waals surface area contributed by atoms with Crippen LogP contribution in [-0.4, -0.2) is 4.98 Å². The Labute approximate surface area is 118 Å². The van der Waals surface area contributed by atoms with Gasteiger partial charge < -0.3 is 0 Å². The summed E-state index contributed by atoms with van der Waals surface area (Å²) in [5.74, 6) is 0. The normalized spacial score (nSPS) is 12.4. The summed E-state index contributed by atoms with van der Waals surface area (Å²) in [5, 5.41) is 0.623. The van der Waals surface area contributed by atoms with E-state index in [1.807, 2.05) is 18.2 Å². The van der Waals surface area contributed by atoms with E-state index < -0.39 is 0 Å². The lowest BCUT2D eigenvalue weighted by atomic mass is 9.98. The predicted molar refractivity (Wildman–Crippen MR) is 77.4 cm³/mol. The van der Waals surface area contributed by atoms with Crippen LogP contribution in [0.5, 0.6) is 0 Å². The second-order valence-corrected chi connectivity index (χ2v) is 5.13. The van der Waals surface area contributed by atoms with Crippen LogP contribution in [0.4, 0.5) is 0 Å². The zero-order chi connectivity index (χ0) is 13.0. The van der Waals surface area contributed by atoms with Crippen LogP contribution < -0.4 is 0 Å². The molecular weight excluding hydrogens is 265 g/mol. The molecule has 0 aliphatic rings. The Morgan fingerprint density at radius 1 is 1.17 bits per heavy atom. The highest BCUT2D eigenvalue weighted by molar-refractivity contribution is 6.31. The van der Waals surface area contributed by atoms with E-state index >= 15 is 0 Å². The number of rotatable bonds is 4. The number of nitrogens with zero attached hydrogens (tertiary/aromatic N) is 1. The van der Waals surface area contributed by atoms with Gasteiger partial charge in [0.1, 0.15) is 0 Å². The molecule has 1 atom stereocenters. The Morgan fingerprint density at radius 2 is 1.94 bits per heavy atom. The van der Waals surface area contributed by atoms with E-state index in [1.54, 1.807) is 12.4 Å². The maximum atomic E-state index is 6.52. The van der Waals surface area contributed by atoms with Crippen molar-refractivity contribution in [3.8, 4) is 0 Å². The number of alkyl halides is 1. The number of hydrogen-bond donors (Lipinski definition) is 0. The standard InChI is InChI=1S/C15H15Cl2N/c1-2-11-5-3-4-6-13(11)14(16)9-12-7-8-18-10-15(12)17/h3-8,10,14H,2,9H2,1H3. The van der Waals surface area contributed by atoms with Crippen LogP contribution in [0.15, 0.2) is 42.7 Å². The number of benzene rings is 1. The molecule has 0 aliphatic carbocycles. The summed E-state index contributed by atoms with van der Waals surface area (Å²) in [7, 11) is 0. The summed E-state index contributed by atoms with van der Waals surface area (Å²) < 4.78 is 0. The Balaban J connectivity index is 2.22. The van der Waals surface area contributed by atoms with Crippen LogP contribution in [0.3, 0.4) is 0 Å². The molecular formula is C15H15Cl2N. The first kappa shape index (κ1) is 13.4. The molecule has 0 bridgehead atoms. The van der Waals surface area contributed by atoms with Crippen LogP contribution in [0.25, 0.3) is 0 Å². The molecule has 18 heavy (non-hydrogen) atoms. The minimum Gasteiger partial charge on any atom is -0.263 e. The highest BCUT2D eigenvalue weighted by Crippen LogP contribution is 2.30. The molecule has 1 nitrogen and oxygen atoms in total. The van der Waals surface area contributed by atoms with Crippen molar-refractivity contribution < 1.29 is 0 Å². The predicted octanol–water partition coefficient (Wildman–Crippen LogP) is 4.82. The fraction of sp³-hybridized carbons (Fsp3) is 0.267. The SMILES string of the molecule is CCc1ccccc1C(Cl)Cc1ccncc1Cl. The molecule has 1 unspecified atom stereocenters. The van der Waals surface area contributed by atoms with Crippen molar-refractivity contribution in [2.75, 3.05) is 0 Å². The number of halogens is 2. The molecule has 2 aromatic rings. The molecule has 0 N–H and O–H groups in total. The molecule has 0 fully saturated rings. The lowest BCUT2D eigenvalue weighted by molar-refractivity contribution is 0.893. The monoisotopic (exact) mass is 279 g/mol. The van der Waals surface area contributed by atoms with Crippen molar-refractivity contribution in [1.29, 1.82) is 0 Å². The molecule has 0 saturated heterocycles. The van der Waals surface area contributed by atoms with Crippen LogP contribution in [0, 0.1) is 0 Å². The highest BCUT2D eigenvalue weighted by Gasteiger charge is 2.13. The van der Waals surface area contributed by atoms with Crippen molar-refractivity contribution in [3.63, 3.8) is 0 Å². The highest BCUT2D eigenvalue weighted by atomic mass is 35.5. The van der Waals surface area contributed by atoms with Gasteiger partial charge in [-0.25, -0.2) is 0 Å². The second kappa shape index (κ2) is 6.21. The summed E-state index contributed by atoms with van der Waals surface area (Å²) >= 11 is 12.6. The van der Waals surface area contributed by atoms with Gasteiger partial charge in [-0.2, -0.15) is 0 Å². The minimum absolute atomic E-state index is 0.0546. The van der Waals surface area contributed by atoms with Gasteiger partial charge in [-0.05, 0) is 35.6 Å². The van der Waals surface area contributed by atoms with Crippen molar-refractivity contribution in [1.82, 2.24) is 4.98 Å². The molecule has 1 aromatic heterocycles. The topological polar surface area (TPSA) is 12.9 Å². The second-order valence-electron chi connectivity index (χ2n) is 4.19. The number of aromatic nitrogens is 1. The molecule has 0 saturated carbocycles. The van der Waals surface area contributed by atoms with Crippen LogP contribution in [0.2, 0.25) is 5.02 Å². The van der Waals surface area contributed by atoms with Crippen molar-refractivity contribution in [2.24, 2.45) is 0 Å². The Morgan fingerprint density at radius 3 is 2.67 bits per heavy atom. The Hall–Kier alpha value is -1.05. The van der Waals surface area contributed by atoms with Crippen LogP contribution in [0.1, 0.15) is 29.0 Å². The van der Waals surface area contributed by atoms with Gasteiger partial charge in [0.15, 0.2) is 0 Å². The van der Waals surface area contributed by atoms with Gasteiger partial charge in [-0.15, -0.1) is 11.6 Å². The molecule has 2 rings (SSSR count). The molecule has 3 heteroatoms. The van der Waals surface area contributed by atoms with Gasteiger partial charge >= 0.3 is 0 Å². The average Bonchev–Trinajstić information content (AvgIpc) is 2.41. The smallest absolute Gasteiger partial charge is 0.0628 e. The maximum Gasteiger partial charge on any atom is 0.0628 e. The fourth-order valence-electron chi connectivity index (χ4n) is 2.03. The third-order valence-corrected chi connectivity index (χ3v) is 3.76. The maximum absolute atomic E-state index is 6.52. The van der Waals surface area contributed by atoms with Crippen molar-refractivity contribution >= 4 is 23.2 Å². The third-order valence-electron chi connectivity index (χ3n) is 3.03. The molecule has 0 spiro atoms. The number of pyridine rings is 1. The zero-order valence-electron chi connectivity index (χ0n) is 10.2. The molecule has 0 radical (unpaired) electrons. The van der Waals surface area contributed by atoms with E-state index in [4.69, 9.17) is 23.2 Å². The van der Waals surface area contributed by atoms with Crippen molar-refractivity contribution in [2.45, 2.75) is 25.1 Å². The van der Waals surface area contributed by atoms with E-state index in [1.165, 1.54) is 11.1 Å². The molecule has 1 heterocycles. The fourth-order valence-corrected chi connectivity index (χ4v) is 2.61. The van der Waals surface area contributed by atoms with Crippen LogP contribution >= 0.6 is 23.2 Å². The van der Waals surface area contributed by atoms with Gasteiger partial charge in [-0.3, -0.25) is 4.98 Å². The number of aryl methyl sites for hydroxylation is 1. The van der Waals surface area contributed by atoms with Gasteiger partial charge in [0.25, 0.3) is 0 Å². The first-order valence-electron chi connectivity index (χ1n) is 6.02. The van der Waals surface area contributed by atoms with E-state index in [-0.39, 0.29) is 5.38 Å². The van der Waals surface area contributed by atoms with Gasteiger partial charge in [-0.1, -0.05) is 42.8 Å². The minimum atomic E-state index is -0.0546. The Kier molecular flexibility index (Phi) is 4.62. The first-order chi connectivity index (χ1) is 8.72. The van der Waals surface area contributed by atoms with Gasteiger partial charge in [0, 0.05) is 12.4 Å². The summed E-state index contributed by atoms with van der Waals surface area (Å²) in [6.45, 7) is 2.14. The van der Waals surface area contributed by atoms with E-state index in [9.17, 15) is 0 Å². The average molecular weight is 280 g/mol. The number of hydrogen-bond acceptors (Lipinski definition) is 1. The molecule has 1 aromatic carbocycles. The van der Waals surface area contributed by atoms with E-state index in [2.05, 4.69) is 24.0 Å². The van der Waals surface area contributed by atoms with Crippen LogP contribution in [-0.2, 0) is 12.8 Å². The third kappa shape index (κ3) is 3.04. The summed E-state index contributed by atoms with van der Waals surface area (Å²) in [6.07, 6.45) is 5.12. The Bertz CT molecular complexity index is 525. The quantitative estimate of drug-likeness (QED) is 0.732. The van der Waals surface area contributed by atoms with E-state index in [0.717, 1.165) is 18.4 Å². The van der Waals surface area contributed by atoms with Gasteiger partial charge in [0.05, 0.1) is 10.4 Å². The molecule has 0 aliphatic heterocycles. The summed E-state index contributed by atoms with van der Waals surface area (Å²) in [6, 6.07) is 10.2. The summed E-state index contributed by atoms with van der Waals surface area (Å²) in [4.78, 5) is 3.98. The van der Waals surface area contributed by atoms with E-state index in [0.29, 0.717) is 5.02 Å². The molecule has 94 valence electrons. The zero-order valence-corrected chi connectivity index (χ0v) is 11.7. The lowest BCUT2D eigenvalue weighted by Gasteiger charge is -2.14. The molecule has 0 amide bonds. The summed E-state index contributed by atoms with van der Waals surface area (Å²) in [5.41, 5.74) is 3.52. The first-order valence-corrected chi connectivity index (χ1v) is 6.84. The lowest BCUT2D eigenvalue weighted by Crippen LogP contribution is -2.00. The van der Waals surface area contributed by atoms with Gasteiger partial charge in [0.2, 0.25) is 0 Å². The largest absolute Gasteiger partial charge is 0.263 e.